The van der Waals surface area contributed by atoms with Gasteiger partial charge in [0.2, 0.25) is 0 Å². The molecule has 29 heavy (non-hydrogen) atoms. The molecule has 1 aromatic heterocycles. The molecule has 2 amide bonds. The molecule has 1 aliphatic rings. The molecule has 1 aromatic carbocycles. The van der Waals surface area contributed by atoms with E-state index in [0.29, 0.717) is 12.2 Å². The molecule has 0 bridgehead atoms. The van der Waals surface area contributed by atoms with Crippen LogP contribution in [0.2, 0.25) is 0 Å². The van der Waals surface area contributed by atoms with Crippen molar-refractivity contribution >= 4 is 17.5 Å². The maximum atomic E-state index is 12.1. The third-order valence-corrected chi connectivity index (χ3v) is 4.34. The van der Waals surface area contributed by atoms with Gasteiger partial charge in [0.15, 0.2) is 0 Å². The number of urea groups is 1. The van der Waals surface area contributed by atoms with E-state index in [-0.39, 0.29) is 18.0 Å². The molecule has 3 rings (SSSR count). The monoisotopic (exact) mass is 406 g/mol. The number of carbonyl (C=O) groups excluding carboxylic acids is 1. The van der Waals surface area contributed by atoms with E-state index in [1.165, 1.54) is 24.3 Å². The van der Waals surface area contributed by atoms with Crippen molar-refractivity contribution in [1.29, 1.82) is 0 Å². The van der Waals surface area contributed by atoms with E-state index < -0.39 is 12.6 Å². The minimum atomic E-state index is -2.88. The maximum Gasteiger partial charge on any atom is 0.387 e. The number of nitrogens with one attached hydrogen (secondary N) is 2. The van der Waals surface area contributed by atoms with Gasteiger partial charge in [0, 0.05) is 31.5 Å². The summed E-state index contributed by atoms with van der Waals surface area (Å²) in [6, 6.07) is 9.13. The first kappa shape index (κ1) is 20.8. The molecule has 2 N–H and O–H groups in total. The fraction of sp³-hybridized carbons (Fsp3) is 0.400. The molecule has 1 fully saturated rings. The van der Waals surface area contributed by atoms with Gasteiger partial charge >= 0.3 is 12.6 Å². The predicted molar refractivity (Wildman–Crippen MR) is 105 cm³/mol. The summed E-state index contributed by atoms with van der Waals surface area (Å²) >= 11 is 0. The number of rotatable bonds is 6. The summed E-state index contributed by atoms with van der Waals surface area (Å²) in [6.07, 6.45) is 2.04. The smallest absolute Gasteiger partial charge is 0.387 e. The van der Waals surface area contributed by atoms with Crippen LogP contribution in [0.1, 0.15) is 19.4 Å². The number of alkyl halides is 2. The van der Waals surface area contributed by atoms with Crippen LogP contribution in [0.4, 0.5) is 25.1 Å². The Kier molecular flexibility index (Phi) is 6.82. The van der Waals surface area contributed by atoms with Gasteiger partial charge in [0.05, 0.1) is 12.2 Å². The first-order valence-electron chi connectivity index (χ1n) is 9.34. The molecule has 1 aliphatic heterocycles. The number of nitrogens with zero attached hydrogens (tertiary/aromatic N) is 2. The van der Waals surface area contributed by atoms with Crippen molar-refractivity contribution in [2.75, 3.05) is 23.3 Å². The molecule has 2 unspecified atom stereocenters. The van der Waals surface area contributed by atoms with Crippen molar-refractivity contribution in [2.45, 2.75) is 39.2 Å². The van der Waals surface area contributed by atoms with Gasteiger partial charge in [-0.15, -0.1) is 0 Å². The molecule has 0 radical (unpaired) electrons. The fourth-order valence-electron chi connectivity index (χ4n) is 3.15. The minimum absolute atomic E-state index is 0.0289. The van der Waals surface area contributed by atoms with Crippen LogP contribution in [0.25, 0.3) is 0 Å². The van der Waals surface area contributed by atoms with E-state index in [4.69, 9.17) is 4.74 Å². The van der Waals surface area contributed by atoms with Crippen LogP contribution in [0.3, 0.4) is 0 Å². The highest BCUT2D eigenvalue weighted by Crippen LogP contribution is 2.19. The van der Waals surface area contributed by atoms with Crippen molar-refractivity contribution in [3.8, 4) is 5.75 Å². The zero-order valence-corrected chi connectivity index (χ0v) is 16.3. The molecule has 7 nitrogen and oxygen atoms in total. The largest absolute Gasteiger partial charge is 0.435 e. The molecule has 9 heteroatoms. The van der Waals surface area contributed by atoms with Crippen LogP contribution < -0.4 is 20.3 Å². The second kappa shape index (κ2) is 9.51. The summed E-state index contributed by atoms with van der Waals surface area (Å²) in [4.78, 5) is 18.7. The molecule has 0 spiro atoms. The van der Waals surface area contributed by atoms with Crippen LogP contribution >= 0.6 is 0 Å². The Labute approximate surface area is 168 Å². The number of hydrogen-bond donors (Lipinski definition) is 2. The van der Waals surface area contributed by atoms with Crippen LogP contribution in [0.15, 0.2) is 42.6 Å². The van der Waals surface area contributed by atoms with Gasteiger partial charge in [0.25, 0.3) is 0 Å². The van der Waals surface area contributed by atoms with Gasteiger partial charge in [-0.25, -0.2) is 9.78 Å². The SMILES string of the molecule is CC1CN(c2ccc(CNC(=O)Nc3ccc(OC(F)F)cc3)cn2)CC(C)O1. The average Bonchev–Trinajstić information content (AvgIpc) is 2.67. The second-order valence-electron chi connectivity index (χ2n) is 6.90. The highest BCUT2D eigenvalue weighted by Gasteiger charge is 2.22. The number of hydrogen-bond acceptors (Lipinski definition) is 5. The van der Waals surface area contributed by atoms with Crippen LogP contribution in [-0.2, 0) is 11.3 Å². The fourth-order valence-corrected chi connectivity index (χ4v) is 3.15. The number of benzene rings is 1. The van der Waals surface area contributed by atoms with E-state index in [1.807, 2.05) is 26.0 Å². The molecule has 2 atom stereocenters. The Bertz CT molecular complexity index is 792. The van der Waals surface area contributed by atoms with Crippen molar-refractivity contribution in [1.82, 2.24) is 10.3 Å². The lowest BCUT2D eigenvalue weighted by atomic mass is 10.2. The van der Waals surface area contributed by atoms with Gasteiger partial charge < -0.3 is 25.0 Å². The lowest BCUT2D eigenvalue weighted by molar-refractivity contribution is -0.0498. The zero-order chi connectivity index (χ0) is 20.8. The van der Waals surface area contributed by atoms with Crippen molar-refractivity contribution in [3.63, 3.8) is 0 Å². The van der Waals surface area contributed by atoms with Gasteiger partial charge in [0.1, 0.15) is 11.6 Å². The molecular weight excluding hydrogens is 382 g/mol. The van der Waals surface area contributed by atoms with Crippen molar-refractivity contribution in [2.24, 2.45) is 0 Å². The summed E-state index contributed by atoms with van der Waals surface area (Å²) < 4.78 is 34.3. The molecule has 1 saturated heterocycles. The van der Waals surface area contributed by atoms with Crippen LogP contribution in [-0.4, -0.2) is 42.9 Å². The Morgan fingerprint density at radius 3 is 2.48 bits per heavy atom. The molecular formula is C20H24F2N4O3. The molecule has 2 heterocycles. The number of anilines is 2. The number of aromatic nitrogens is 1. The number of morpholine rings is 1. The lowest BCUT2D eigenvalue weighted by Crippen LogP contribution is -2.45. The number of pyridine rings is 1. The summed E-state index contributed by atoms with van der Waals surface area (Å²) in [7, 11) is 0. The normalized spacial score (nSPS) is 19.1. The van der Waals surface area contributed by atoms with E-state index in [0.717, 1.165) is 24.5 Å². The Balaban J connectivity index is 1.47. The maximum absolute atomic E-state index is 12.1. The van der Waals surface area contributed by atoms with E-state index in [1.54, 1.807) is 6.20 Å². The Morgan fingerprint density at radius 1 is 1.21 bits per heavy atom. The first-order valence-corrected chi connectivity index (χ1v) is 9.34. The highest BCUT2D eigenvalue weighted by molar-refractivity contribution is 5.89. The van der Waals surface area contributed by atoms with Gasteiger partial charge in [-0.3, -0.25) is 0 Å². The zero-order valence-electron chi connectivity index (χ0n) is 16.3. The highest BCUT2D eigenvalue weighted by atomic mass is 19.3. The topological polar surface area (TPSA) is 75.7 Å². The predicted octanol–water partition coefficient (Wildman–Crippen LogP) is 3.62. The minimum Gasteiger partial charge on any atom is -0.435 e. The summed E-state index contributed by atoms with van der Waals surface area (Å²) in [5.41, 5.74) is 1.33. The summed E-state index contributed by atoms with van der Waals surface area (Å²) in [6.45, 7) is 3.09. The van der Waals surface area contributed by atoms with Gasteiger partial charge in [-0.2, -0.15) is 8.78 Å². The standard InChI is InChI=1S/C20H24F2N4O3/c1-13-11-26(12-14(2)28-13)18-8-3-15(9-23-18)10-24-20(27)25-16-4-6-17(7-5-16)29-19(21)22/h3-9,13-14,19H,10-12H2,1-2H3,(H2,24,25,27). The third-order valence-electron chi connectivity index (χ3n) is 4.34. The molecule has 0 aliphatic carbocycles. The second-order valence-corrected chi connectivity index (χ2v) is 6.90. The van der Waals surface area contributed by atoms with Crippen molar-refractivity contribution in [3.05, 3.63) is 48.2 Å². The lowest BCUT2D eigenvalue weighted by Gasteiger charge is -2.36. The van der Waals surface area contributed by atoms with E-state index in [2.05, 4.69) is 25.3 Å². The average molecular weight is 406 g/mol. The summed E-state index contributed by atoms with van der Waals surface area (Å²) in [5.74, 6) is 0.910. The molecule has 2 aromatic rings. The van der Waals surface area contributed by atoms with Crippen LogP contribution in [0.5, 0.6) is 5.75 Å². The van der Waals surface area contributed by atoms with Crippen LogP contribution in [0, 0.1) is 0 Å². The van der Waals surface area contributed by atoms with Gasteiger partial charge in [-0.05, 0) is 49.7 Å². The third kappa shape index (κ3) is 6.28. The van der Waals surface area contributed by atoms with Gasteiger partial charge in [-0.1, -0.05) is 6.07 Å². The number of ether oxygens (including phenoxy) is 2. The quantitative estimate of drug-likeness (QED) is 0.766. The van der Waals surface area contributed by atoms with E-state index >= 15 is 0 Å². The summed E-state index contributed by atoms with van der Waals surface area (Å²) in [5, 5.41) is 5.36. The Hall–Kier alpha value is -2.94. The first-order chi connectivity index (χ1) is 13.9. The van der Waals surface area contributed by atoms with Crippen molar-refractivity contribution < 1.29 is 23.0 Å². The number of halogens is 2. The number of carbonyl (C=O) groups is 1. The molecule has 156 valence electrons. The molecule has 0 saturated carbocycles. The van der Waals surface area contributed by atoms with E-state index in [9.17, 15) is 13.6 Å². The Morgan fingerprint density at radius 2 is 1.90 bits per heavy atom. The number of amides is 2.